The van der Waals surface area contributed by atoms with E-state index in [4.69, 9.17) is 0 Å². The summed E-state index contributed by atoms with van der Waals surface area (Å²) in [6.07, 6.45) is 1.68. The molecule has 0 bridgehead atoms. The van der Waals surface area contributed by atoms with Crippen LogP contribution in [0.3, 0.4) is 0 Å². The first-order chi connectivity index (χ1) is 5.54. The lowest BCUT2D eigenvalue weighted by atomic mass is 10.4. The van der Waals surface area contributed by atoms with Gasteiger partial charge in [0.15, 0.2) is 0 Å². The molecule has 0 aliphatic rings. The van der Waals surface area contributed by atoms with Crippen molar-refractivity contribution in [2.24, 2.45) is 7.05 Å². The maximum Gasteiger partial charge on any atom is 0.272 e. The van der Waals surface area contributed by atoms with Gasteiger partial charge in [0, 0.05) is 21.1 Å². The van der Waals surface area contributed by atoms with E-state index in [0.29, 0.717) is 5.69 Å². The van der Waals surface area contributed by atoms with Crippen LogP contribution in [0.25, 0.3) is 0 Å². The Morgan fingerprint density at radius 2 is 2.25 bits per heavy atom. The van der Waals surface area contributed by atoms with Crippen LogP contribution in [0.5, 0.6) is 0 Å². The zero-order valence-electron chi connectivity index (χ0n) is 7.21. The average Bonchev–Trinajstić information content (AvgIpc) is 2.30. The third kappa shape index (κ3) is 1.60. The molecule has 4 nitrogen and oxygen atoms in total. The SMILES string of the molecule is CN(C)C(=O)c1c(I)cnn1C. The van der Waals surface area contributed by atoms with Crippen molar-refractivity contribution in [2.75, 3.05) is 14.1 Å². The van der Waals surface area contributed by atoms with Crippen molar-refractivity contribution in [3.05, 3.63) is 15.5 Å². The number of aryl methyl sites for hydroxylation is 1. The maximum absolute atomic E-state index is 11.5. The van der Waals surface area contributed by atoms with Gasteiger partial charge in [0.25, 0.3) is 5.91 Å². The summed E-state index contributed by atoms with van der Waals surface area (Å²) in [5, 5.41) is 3.98. The second-order valence-corrected chi connectivity index (χ2v) is 3.83. The molecule has 1 aromatic rings. The summed E-state index contributed by atoms with van der Waals surface area (Å²) in [6, 6.07) is 0. The minimum absolute atomic E-state index is 0.0144. The number of rotatable bonds is 1. The van der Waals surface area contributed by atoms with Crippen molar-refractivity contribution < 1.29 is 4.79 Å². The van der Waals surface area contributed by atoms with Crippen LogP contribution in [0, 0.1) is 3.57 Å². The summed E-state index contributed by atoms with van der Waals surface area (Å²) >= 11 is 2.10. The number of aromatic nitrogens is 2. The first kappa shape index (κ1) is 9.50. The molecule has 1 rings (SSSR count). The van der Waals surface area contributed by atoms with E-state index in [1.807, 2.05) is 0 Å². The molecule has 0 radical (unpaired) electrons. The van der Waals surface area contributed by atoms with Gasteiger partial charge in [-0.1, -0.05) is 0 Å². The van der Waals surface area contributed by atoms with Crippen molar-refractivity contribution in [3.63, 3.8) is 0 Å². The van der Waals surface area contributed by atoms with E-state index in [1.165, 1.54) is 0 Å². The Balaban J connectivity index is 3.09. The van der Waals surface area contributed by atoms with Crippen LogP contribution >= 0.6 is 22.6 Å². The topological polar surface area (TPSA) is 38.1 Å². The van der Waals surface area contributed by atoms with Crippen LogP contribution in [-0.2, 0) is 7.05 Å². The van der Waals surface area contributed by atoms with Gasteiger partial charge < -0.3 is 4.90 Å². The summed E-state index contributed by atoms with van der Waals surface area (Å²) in [5.74, 6) is -0.0144. The van der Waals surface area contributed by atoms with Gasteiger partial charge in [0.2, 0.25) is 0 Å². The lowest BCUT2D eigenvalue weighted by Crippen LogP contribution is -2.25. The van der Waals surface area contributed by atoms with Crippen LogP contribution in [0.15, 0.2) is 6.20 Å². The predicted octanol–water partition coefficient (Wildman–Crippen LogP) is 0.727. The fourth-order valence-corrected chi connectivity index (χ4v) is 1.57. The van der Waals surface area contributed by atoms with E-state index in [0.717, 1.165) is 3.57 Å². The molecule has 0 saturated carbocycles. The smallest absolute Gasteiger partial charge is 0.272 e. The first-order valence-corrected chi connectivity index (χ1v) is 4.51. The van der Waals surface area contributed by atoms with E-state index >= 15 is 0 Å². The highest BCUT2D eigenvalue weighted by molar-refractivity contribution is 14.1. The Morgan fingerprint density at radius 3 is 2.58 bits per heavy atom. The van der Waals surface area contributed by atoms with Gasteiger partial charge in [-0.25, -0.2) is 0 Å². The van der Waals surface area contributed by atoms with Crippen molar-refractivity contribution >= 4 is 28.5 Å². The molecular weight excluding hydrogens is 269 g/mol. The minimum atomic E-state index is -0.0144. The quantitative estimate of drug-likeness (QED) is 0.711. The lowest BCUT2D eigenvalue weighted by Gasteiger charge is -2.10. The molecule has 0 spiro atoms. The molecule has 1 heterocycles. The zero-order chi connectivity index (χ0) is 9.30. The van der Waals surface area contributed by atoms with Crippen LogP contribution in [0.1, 0.15) is 10.5 Å². The lowest BCUT2D eigenvalue weighted by molar-refractivity contribution is 0.0816. The minimum Gasteiger partial charge on any atom is -0.343 e. The van der Waals surface area contributed by atoms with E-state index < -0.39 is 0 Å². The second kappa shape index (κ2) is 3.42. The molecule has 0 aliphatic heterocycles. The normalized spacial score (nSPS) is 10.0. The monoisotopic (exact) mass is 279 g/mol. The van der Waals surface area contributed by atoms with Gasteiger partial charge in [-0.05, 0) is 22.6 Å². The van der Waals surface area contributed by atoms with Crippen LogP contribution in [0.4, 0.5) is 0 Å². The van der Waals surface area contributed by atoms with Gasteiger partial charge in [0.05, 0.1) is 9.77 Å². The first-order valence-electron chi connectivity index (χ1n) is 3.43. The largest absolute Gasteiger partial charge is 0.343 e. The molecule has 12 heavy (non-hydrogen) atoms. The summed E-state index contributed by atoms with van der Waals surface area (Å²) in [7, 11) is 5.22. The van der Waals surface area contributed by atoms with Crippen LogP contribution in [-0.4, -0.2) is 34.7 Å². The van der Waals surface area contributed by atoms with E-state index in [1.54, 1.807) is 36.9 Å². The number of amides is 1. The summed E-state index contributed by atoms with van der Waals surface area (Å²) < 4.78 is 2.47. The van der Waals surface area contributed by atoms with E-state index in [-0.39, 0.29) is 5.91 Å². The van der Waals surface area contributed by atoms with Crippen molar-refractivity contribution in [1.82, 2.24) is 14.7 Å². The molecule has 0 aliphatic carbocycles. The fourth-order valence-electron chi connectivity index (χ4n) is 0.863. The molecule has 0 saturated heterocycles. The molecular formula is C7H10IN3O. The number of hydrogen-bond acceptors (Lipinski definition) is 2. The fraction of sp³-hybridized carbons (Fsp3) is 0.429. The van der Waals surface area contributed by atoms with Crippen molar-refractivity contribution in [3.8, 4) is 0 Å². The number of hydrogen-bond donors (Lipinski definition) is 0. The average molecular weight is 279 g/mol. The second-order valence-electron chi connectivity index (χ2n) is 2.66. The zero-order valence-corrected chi connectivity index (χ0v) is 9.36. The summed E-state index contributed by atoms with van der Waals surface area (Å²) in [5.41, 5.74) is 0.639. The summed E-state index contributed by atoms with van der Waals surface area (Å²) in [6.45, 7) is 0. The third-order valence-electron chi connectivity index (χ3n) is 1.50. The Hall–Kier alpha value is -0.590. The molecule has 5 heteroatoms. The van der Waals surface area contributed by atoms with E-state index in [2.05, 4.69) is 27.7 Å². The number of carbonyl (C=O) groups excluding carboxylic acids is 1. The Morgan fingerprint density at radius 1 is 1.67 bits per heavy atom. The summed E-state index contributed by atoms with van der Waals surface area (Å²) in [4.78, 5) is 13.0. The van der Waals surface area contributed by atoms with Gasteiger partial charge in [-0.3, -0.25) is 9.48 Å². The molecule has 66 valence electrons. The van der Waals surface area contributed by atoms with Gasteiger partial charge in [-0.2, -0.15) is 5.10 Å². The number of nitrogens with zero attached hydrogens (tertiary/aromatic N) is 3. The highest BCUT2D eigenvalue weighted by Crippen LogP contribution is 2.11. The van der Waals surface area contributed by atoms with Gasteiger partial charge in [-0.15, -0.1) is 0 Å². The van der Waals surface area contributed by atoms with Crippen molar-refractivity contribution in [2.45, 2.75) is 0 Å². The predicted molar refractivity (Wildman–Crippen MR) is 53.9 cm³/mol. The molecule has 0 unspecified atom stereocenters. The Kier molecular flexibility index (Phi) is 2.71. The van der Waals surface area contributed by atoms with Gasteiger partial charge >= 0.3 is 0 Å². The molecule has 0 aromatic carbocycles. The van der Waals surface area contributed by atoms with Gasteiger partial charge in [0.1, 0.15) is 5.69 Å². The standard InChI is InChI=1S/C7H10IN3O/c1-10(2)7(12)6-5(8)4-9-11(6)3/h4H,1-3H3. The number of carbonyl (C=O) groups is 1. The maximum atomic E-state index is 11.5. The third-order valence-corrected chi connectivity index (χ3v) is 2.29. The van der Waals surface area contributed by atoms with Crippen LogP contribution < -0.4 is 0 Å². The number of halogens is 1. The highest BCUT2D eigenvalue weighted by atomic mass is 127. The Bertz CT molecular complexity index is 286. The Labute approximate surface area is 84.7 Å². The highest BCUT2D eigenvalue weighted by Gasteiger charge is 2.16. The molecule has 0 fully saturated rings. The molecule has 0 N–H and O–H groups in total. The molecule has 1 amide bonds. The molecule has 1 aromatic heterocycles. The van der Waals surface area contributed by atoms with Crippen molar-refractivity contribution in [1.29, 1.82) is 0 Å². The van der Waals surface area contributed by atoms with E-state index in [9.17, 15) is 4.79 Å². The van der Waals surface area contributed by atoms with Crippen LogP contribution in [0.2, 0.25) is 0 Å². The molecule has 0 atom stereocenters.